The van der Waals surface area contributed by atoms with Crippen molar-refractivity contribution in [3.63, 3.8) is 0 Å². The Morgan fingerprint density at radius 1 is 1.23 bits per heavy atom. The summed E-state index contributed by atoms with van der Waals surface area (Å²) in [5.74, 6) is 0.334. The van der Waals surface area contributed by atoms with Crippen molar-refractivity contribution >= 4 is 0 Å². The molecular formula is C11H17NO. The largest absolute Gasteiger partial charge is 0.508 e. The fraction of sp³-hybridized carbons (Fsp3) is 0.455. The highest BCUT2D eigenvalue weighted by Crippen LogP contribution is 2.09. The molecule has 72 valence electrons. The van der Waals surface area contributed by atoms with Crippen molar-refractivity contribution in [2.24, 2.45) is 0 Å². The smallest absolute Gasteiger partial charge is 0.115 e. The second-order valence-corrected chi connectivity index (χ2v) is 3.53. The number of benzene rings is 1. The van der Waals surface area contributed by atoms with Crippen LogP contribution in [0.1, 0.15) is 19.4 Å². The van der Waals surface area contributed by atoms with Gasteiger partial charge in [-0.05, 0) is 30.7 Å². The lowest BCUT2D eigenvalue weighted by molar-refractivity contribution is 0.475. The third-order valence-corrected chi connectivity index (χ3v) is 1.90. The van der Waals surface area contributed by atoms with Gasteiger partial charge in [0.2, 0.25) is 0 Å². The van der Waals surface area contributed by atoms with Crippen molar-refractivity contribution in [3.8, 4) is 5.75 Å². The average Bonchev–Trinajstić information content (AvgIpc) is 2.08. The quantitative estimate of drug-likeness (QED) is 0.740. The Kier molecular flexibility index (Phi) is 3.77. The predicted molar refractivity (Wildman–Crippen MR) is 54.9 cm³/mol. The Morgan fingerprint density at radius 2 is 1.85 bits per heavy atom. The highest BCUT2D eigenvalue weighted by molar-refractivity contribution is 5.25. The van der Waals surface area contributed by atoms with Crippen LogP contribution in [0.15, 0.2) is 24.3 Å². The summed E-state index contributed by atoms with van der Waals surface area (Å²) < 4.78 is 0. The summed E-state index contributed by atoms with van der Waals surface area (Å²) in [6, 6.07) is 7.90. The number of hydrogen-bond donors (Lipinski definition) is 2. The predicted octanol–water partition coefficient (Wildman–Crippen LogP) is 1.93. The summed E-state index contributed by atoms with van der Waals surface area (Å²) in [4.78, 5) is 0. The van der Waals surface area contributed by atoms with Gasteiger partial charge in [0.05, 0.1) is 0 Å². The summed E-state index contributed by atoms with van der Waals surface area (Å²) in [7, 11) is 0. The molecular weight excluding hydrogens is 162 g/mol. The van der Waals surface area contributed by atoms with Crippen LogP contribution in [0.2, 0.25) is 0 Å². The monoisotopic (exact) mass is 179 g/mol. The van der Waals surface area contributed by atoms with Crippen molar-refractivity contribution in [1.82, 2.24) is 5.32 Å². The average molecular weight is 179 g/mol. The van der Waals surface area contributed by atoms with Gasteiger partial charge in [-0.1, -0.05) is 26.0 Å². The van der Waals surface area contributed by atoms with Crippen LogP contribution in [0.5, 0.6) is 5.75 Å². The van der Waals surface area contributed by atoms with Gasteiger partial charge in [0, 0.05) is 6.04 Å². The van der Waals surface area contributed by atoms with Crippen molar-refractivity contribution in [1.29, 1.82) is 0 Å². The van der Waals surface area contributed by atoms with E-state index < -0.39 is 0 Å². The molecule has 0 heterocycles. The summed E-state index contributed by atoms with van der Waals surface area (Å²) in [5, 5.41) is 12.4. The Hall–Kier alpha value is -1.02. The van der Waals surface area contributed by atoms with Gasteiger partial charge in [0.25, 0.3) is 0 Å². The maximum absolute atomic E-state index is 9.05. The Balaban J connectivity index is 2.33. The number of hydrogen-bond acceptors (Lipinski definition) is 2. The lowest BCUT2D eigenvalue weighted by atomic mass is 10.1. The van der Waals surface area contributed by atoms with Crippen molar-refractivity contribution in [2.75, 3.05) is 6.54 Å². The number of phenols is 1. The van der Waals surface area contributed by atoms with E-state index in [2.05, 4.69) is 19.2 Å². The minimum absolute atomic E-state index is 0.334. The molecule has 0 saturated heterocycles. The molecule has 2 N–H and O–H groups in total. The zero-order chi connectivity index (χ0) is 9.68. The van der Waals surface area contributed by atoms with E-state index in [4.69, 9.17) is 5.11 Å². The van der Waals surface area contributed by atoms with E-state index in [1.807, 2.05) is 12.1 Å². The molecule has 13 heavy (non-hydrogen) atoms. The van der Waals surface area contributed by atoms with Crippen LogP contribution in [-0.2, 0) is 6.42 Å². The van der Waals surface area contributed by atoms with Gasteiger partial charge in [-0.25, -0.2) is 0 Å². The third-order valence-electron chi connectivity index (χ3n) is 1.90. The Morgan fingerprint density at radius 3 is 2.38 bits per heavy atom. The molecule has 1 aromatic rings. The van der Waals surface area contributed by atoms with Gasteiger partial charge in [-0.15, -0.1) is 0 Å². The van der Waals surface area contributed by atoms with Gasteiger partial charge in [-0.2, -0.15) is 0 Å². The standard InChI is InChI=1S/C11H17NO/c1-9(2)12-8-7-10-3-5-11(13)6-4-10/h3-6,9,12-13H,7-8H2,1-2H3. The molecule has 0 saturated carbocycles. The van der Waals surface area contributed by atoms with Crippen LogP contribution in [0.3, 0.4) is 0 Å². The maximum Gasteiger partial charge on any atom is 0.115 e. The lowest BCUT2D eigenvalue weighted by Crippen LogP contribution is -2.24. The SMILES string of the molecule is CC(C)NCCc1ccc(O)cc1. The van der Waals surface area contributed by atoms with Gasteiger partial charge < -0.3 is 10.4 Å². The first-order valence-corrected chi connectivity index (χ1v) is 4.70. The first-order chi connectivity index (χ1) is 6.18. The topological polar surface area (TPSA) is 32.3 Å². The third kappa shape index (κ3) is 3.95. The van der Waals surface area contributed by atoms with E-state index in [1.165, 1.54) is 5.56 Å². The van der Waals surface area contributed by atoms with Gasteiger partial charge in [-0.3, -0.25) is 0 Å². The molecule has 0 radical (unpaired) electrons. The van der Waals surface area contributed by atoms with Gasteiger partial charge in [0.1, 0.15) is 5.75 Å². The Bertz CT molecular complexity index is 241. The van der Waals surface area contributed by atoms with Crippen LogP contribution in [0.25, 0.3) is 0 Å². The first kappa shape index (κ1) is 10.1. The van der Waals surface area contributed by atoms with Crippen LogP contribution in [0, 0.1) is 0 Å². The van der Waals surface area contributed by atoms with E-state index in [9.17, 15) is 0 Å². The zero-order valence-corrected chi connectivity index (χ0v) is 8.25. The minimum Gasteiger partial charge on any atom is -0.508 e. The molecule has 0 aliphatic rings. The van der Waals surface area contributed by atoms with Crippen LogP contribution < -0.4 is 5.32 Å². The van der Waals surface area contributed by atoms with Gasteiger partial charge >= 0.3 is 0 Å². The normalized spacial score (nSPS) is 10.7. The molecule has 1 aromatic carbocycles. The number of nitrogens with one attached hydrogen (secondary N) is 1. The number of rotatable bonds is 4. The first-order valence-electron chi connectivity index (χ1n) is 4.70. The molecule has 0 aliphatic heterocycles. The van der Waals surface area contributed by atoms with E-state index in [-0.39, 0.29) is 0 Å². The van der Waals surface area contributed by atoms with Crippen molar-refractivity contribution in [3.05, 3.63) is 29.8 Å². The summed E-state index contributed by atoms with van der Waals surface area (Å²) in [5.41, 5.74) is 1.26. The van der Waals surface area contributed by atoms with Crippen LogP contribution >= 0.6 is 0 Å². The van der Waals surface area contributed by atoms with E-state index in [0.717, 1.165) is 13.0 Å². The highest BCUT2D eigenvalue weighted by Gasteiger charge is 1.94. The molecule has 0 fully saturated rings. The second-order valence-electron chi connectivity index (χ2n) is 3.53. The molecule has 2 heteroatoms. The van der Waals surface area contributed by atoms with Crippen LogP contribution in [0.4, 0.5) is 0 Å². The maximum atomic E-state index is 9.05. The number of phenolic OH excluding ortho intramolecular Hbond substituents is 1. The van der Waals surface area contributed by atoms with E-state index >= 15 is 0 Å². The lowest BCUT2D eigenvalue weighted by Gasteiger charge is -2.07. The summed E-state index contributed by atoms with van der Waals surface area (Å²) >= 11 is 0. The fourth-order valence-electron chi connectivity index (χ4n) is 1.17. The zero-order valence-electron chi connectivity index (χ0n) is 8.25. The molecule has 0 spiro atoms. The minimum atomic E-state index is 0.334. The second kappa shape index (κ2) is 4.87. The molecule has 0 bridgehead atoms. The van der Waals surface area contributed by atoms with Crippen LogP contribution in [-0.4, -0.2) is 17.7 Å². The van der Waals surface area contributed by atoms with Gasteiger partial charge in [0.15, 0.2) is 0 Å². The molecule has 0 atom stereocenters. The molecule has 0 amide bonds. The molecule has 1 rings (SSSR count). The highest BCUT2D eigenvalue weighted by atomic mass is 16.3. The Labute approximate surface area is 79.6 Å². The molecule has 0 unspecified atom stereocenters. The molecule has 0 aliphatic carbocycles. The molecule has 0 aromatic heterocycles. The van der Waals surface area contributed by atoms with Crippen molar-refractivity contribution in [2.45, 2.75) is 26.3 Å². The molecule has 2 nitrogen and oxygen atoms in total. The van der Waals surface area contributed by atoms with E-state index in [1.54, 1.807) is 12.1 Å². The number of aromatic hydroxyl groups is 1. The van der Waals surface area contributed by atoms with E-state index in [0.29, 0.717) is 11.8 Å². The van der Waals surface area contributed by atoms with Crippen molar-refractivity contribution < 1.29 is 5.11 Å². The fourth-order valence-corrected chi connectivity index (χ4v) is 1.17. The summed E-state index contributed by atoms with van der Waals surface area (Å²) in [6.45, 7) is 5.26. The summed E-state index contributed by atoms with van der Waals surface area (Å²) in [6.07, 6.45) is 1.01.